The Morgan fingerprint density at radius 2 is 1.84 bits per heavy atom. The van der Waals surface area contributed by atoms with Crippen LogP contribution in [0.4, 0.5) is 10.2 Å². The molecule has 1 unspecified atom stereocenters. The van der Waals surface area contributed by atoms with Crippen molar-refractivity contribution in [2.24, 2.45) is 10.4 Å². The maximum Gasteiger partial charge on any atom is 0.270 e. The third kappa shape index (κ3) is 3.42. The highest BCUT2D eigenvalue weighted by atomic mass is 19.1. The molecule has 3 aromatic rings. The van der Waals surface area contributed by atoms with Crippen molar-refractivity contribution in [2.75, 3.05) is 5.32 Å². The number of carbonyl (C=O) groups is 1. The number of anilines is 1. The normalized spacial score (nSPS) is 17.1. The Hall–Kier alpha value is -4.06. The predicted molar refractivity (Wildman–Crippen MR) is 122 cm³/mol. The molecule has 1 aliphatic rings. The third-order valence-electron chi connectivity index (χ3n) is 5.32. The topological polar surface area (TPSA) is 59.3 Å². The number of aliphatic imine (C=N–C) groups is 1. The number of carbonyl (C=O) groups excluding carboxylic acids is 1. The molecule has 154 valence electrons. The van der Waals surface area contributed by atoms with E-state index in [0.717, 1.165) is 11.1 Å². The number of allylic oxidation sites excluding steroid dienone is 1. The predicted octanol–water partition coefficient (Wildman–Crippen LogP) is 5.36. The second-order valence-corrected chi connectivity index (χ2v) is 7.16. The Morgan fingerprint density at radius 1 is 1.13 bits per heavy atom. The molecule has 5 nitrogen and oxygen atoms in total. The number of nitrogens with zero attached hydrogens (tertiary/aromatic N) is 3. The molecular formula is C25H21FN4O. The van der Waals surface area contributed by atoms with Gasteiger partial charge in [-0.25, -0.2) is 4.39 Å². The molecule has 6 heteroatoms. The molecule has 1 N–H and O–H groups in total. The van der Waals surface area contributed by atoms with E-state index in [9.17, 15) is 9.18 Å². The quantitative estimate of drug-likeness (QED) is 0.532. The fourth-order valence-electron chi connectivity index (χ4n) is 3.44. The van der Waals surface area contributed by atoms with Crippen molar-refractivity contribution >= 4 is 24.0 Å². The van der Waals surface area contributed by atoms with Gasteiger partial charge in [-0.2, -0.15) is 9.78 Å². The standard InChI is InChI=1S/C25H21FN4O/c1-4-21-22(19-9-7-6-8-10-19)29-30(24(31)25(5-2)16-28-17(25)3)23(21)27-15-18-11-13-20(26)14-12-18/h4-14,16,27H,1-3,15H2. The van der Waals surface area contributed by atoms with Gasteiger partial charge < -0.3 is 5.32 Å². The molecule has 0 aliphatic carbocycles. The van der Waals surface area contributed by atoms with Crippen molar-refractivity contribution in [1.82, 2.24) is 9.78 Å². The average Bonchev–Trinajstić information content (AvgIpc) is 3.17. The molecule has 2 aromatic carbocycles. The molecule has 0 spiro atoms. The van der Waals surface area contributed by atoms with Gasteiger partial charge in [-0.15, -0.1) is 6.58 Å². The smallest absolute Gasteiger partial charge is 0.270 e. The van der Waals surface area contributed by atoms with Gasteiger partial charge in [-0.05, 0) is 17.7 Å². The molecule has 0 amide bonds. The zero-order chi connectivity index (χ0) is 22.0. The van der Waals surface area contributed by atoms with Gasteiger partial charge in [0.2, 0.25) is 0 Å². The first kappa shape index (κ1) is 20.2. The van der Waals surface area contributed by atoms with Crippen LogP contribution in [0.5, 0.6) is 0 Å². The van der Waals surface area contributed by atoms with E-state index in [4.69, 9.17) is 0 Å². The summed E-state index contributed by atoms with van der Waals surface area (Å²) in [6.07, 6.45) is 4.70. The van der Waals surface area contributed by atoms with Crippen LogP contribution in [0.15, 0.2) is 91.1 Å². The van der Waals surface area contributed by atoms with E-state index in [2.05, 4.69) is 35.1 Å². The fraction of sp³-hybridized carbons (Fsp3) is 0.0800. The van der Waals surface area contributed by atoms with Crippen molar-refractivity contribution in [3.05, 3.63) is 103 Å². The van der Waals surface area contributed by atoms with Crippen LogP contribution in [-0.4, -0.2) is 21.9 Å². The van der Waals surface area contributed by atoms with E-state index in [-0.39, 0.29) is 11.7 Å². The van der Waals surface area contributed by atoms with Crippen LogP contribution in [0.25, 0.3) is 17.3 Å². The number of rotatable bonds is 7. The van der Waals surface area contributed by atoms with Crippen LogP contribution < -0.4 is 5.32 Å². The molecule has 1 atom stereocenters. The SMILES string of the molecule is C=Cc1c(-c2ccccc2)nn(C(=O)C2(C=C)C=NC2=C)c1NCc1ccc(F)cc1. The molecular weight excluding hydrogens is 391 g/mol. The minimum atomic E-state index is -1.11. The summed E-state index contributed by atoms with van der Waals surface area (Å²) in [6.45, 7) is 12.0. The summed E-state index contributed by atoms with van der Waals surface area (Å²) < 4.78 is 14.6. The lowest BCUT2D eigenvalue weighted by Crippen LogP contribution is -2.42. The first-order valence-electron chi connectivity index (χ1n) is 9.72. The van der Waals surface area contributed by atoms with E-state index >= 15 is 0 Å². The highest BCUT2D eigenvalue weighted by Crippen LogP contribution is 2.39. The van der Waals surface area contributed by atoms with E-state index in [0.29, 0.717) is 29.3 Å². The molecule has 0 saturated carbocycles. The molecule has 2 heterocycles. The summed E-state index contributed by atoms with van der Waals surface area (Å²) in [6, 6.07) is 15.7. The first-order chi connectivity index (χ1) is 15.0. The Balaban J connectivity index is 1.81. The van der Waals surface area contributed by atoms with Gasteiger partial charge in [0.25, 0.3) is 5.91 Å². The van der Waals surface area contributed by atoms with Crippen LogP contribution in [0.2, 0.25) is 0 Å². The van der Waals surface area contributed by atoms with Crippen molar-refractivity contribution in [3.8, 4) is 11.3 Å². The number of aromatic nitrogens is 2. The first-order valence-corrected chi connectivity index (χ1v) is 9.72. The van der Waals surface area contributed by atoms with Crippen molar-refractivity contribution < 1.29 is 9.18 Å². The molecule has 31 heavy (non-hydrogen) atoms. The monoisotopic (exact) mass is 412 g/mol. The summed E-state index contributed by atoms with van der Waals surface area (Å²) in [5, 5.41) is 7.91. The molecule has 0 saturated heterocycles. The van der Waals surface area contributed by atoms with Crippen molar-refractivity contribution in [2.45, 2.75) is 6.54 Å². The van der Waals surface area contributed by atoms with Crippen LogP contribution >= 0.6 is 0 Å². The number of halogens is 1. The van der Waals surface area contributed by atoms with E-state index in [1.165, 1.54) is 29.1 Å². The maximum absolute atomic E-state index is 13.5. The van der Waals surface area contributed by atoms with Crippen LogP contribution in [0.1, 0.15) is 15.9 Å². The Kier molecular flexibility index (Phi) is 5.21. The summed E-state index contributed by atoms with van der Waals surface area (Å²) in [5.41, 5.74) is 2.31. The number of hydrogen-bond donors (Lipinski definition) is 1. The second-order valence-electron chi connectivity index (χ2n) is 7.16. The van der Waals surface area contributed by atoms with E-state index in [1.54, 1.807) is 18.2 Å². The van der Waals surface area contributed by atoms with Gasteiger partial charge in [-0.3, -0.25) is 9.79 Å². The lowest BCUT2D eigenvalue weighted by atomic mass is 9.81. The Morgan fingerprint density at radius 3 is 2.39 bits per heavy atom. The fourth-order valence-corrected chi connectivity index (χ4v) is 3.44. The van der Waals surface area contributed by atoms with Crippen LogP contribution in [0.3, 0.4) is 0 Å². The van der Waals surface area contributed by atoms with E-state index < -0.39 is 5.41 Å². The second kappa shape index (κ2) is 7.99. The van der Waals surface area contributed by atoms with Gasteiger partial charge in [0.15, 0.2) is 0 Å². The molecule has 0 radical (unpaired) electrons. The summed E-state index contributed by atoms with van der Waals surface area (Å²) in [4.78, 5) is 17.6. The summed E-state index contributed by atoms with van der Waals surface area (Å²) in [5.74, 6) is -0.162. The lowest BCUT2D eigenvalue weighted by molar-refractivity contribution is 0.0828. The number of benzene rings is 2. The lowest BCUT2D eigenvalue weighted by Gasteiger charge is -2.31. The van der Waals surface area contributed by atoms with Gasteiger partial charge in [0.1, 0.15) is 22.7 Å². The third-order valence-corrected chi connectivity index (χ3v) is 5.32. The molecule has 0 fully saturated rings. The molecule has 1 aromatic heterocycles. The van der Waals surface area contributed by atoms with Gasteiger partial charge in [0.05, 0.1) is 5.70 Å². The van der Waals surface area contributed by atoms with E-state index in [1.807, 2.05) is 30.3 Å². The largest absolute Gasteiger partial charge is 0.365 e. The minimum Gasteiger partial charge on any atom is -0.365 e. The minimum absolute atomic E-state index is 0.308. The Bertz CT molecular complexity index is 1210. The van der Waals surface area contributed by atoms with Crippen molar-refractivity contribution in [1.29, 1.82) is 0 Å². The van der Waals surface area contributed by atoms with Gasteiger partial charge in [-0.1, -0.05) is 67.8 Å². The van der Waals surface area contributed by atoms with Gasteiger partial charge >= 0.3 is 0 Å². The molecule has 0 bridgehead atoms. The van der Waals surface area contributed by atoms with Crippen LogP contribution in [0, 0.1) is 11.2 Å². The molecule has 4 rings (SSSR count). The average molecular weight is 412 g/mol. The maximum atomic E-state index is 13.5. The summed E-state index contributed by atoms with van der Waals surface area (Å²) in [7, 11) is 0. The number of nitrogens with one attached hydrogen (secondary N) is 1. The Labute approximate surface area is 179 Å². The number of hydrogen-bond acceptors (Lipinski definition) is 4. The molecule has 1 aliphatic heterocycles. The zero-order valence-corrected chi connectivity index (χ0v) is 16.9. The zero-order valence-electron chi connectivity index (χ0n) is 16.9. The van der Waals surface area contributed by atoms with Crippen LogP contribution in [-0.2, 0) is 6.54 Å². The van der Waals surface area contributed by atoms with Crippen molar-refractivity contribution in [3.63, 3.8) is 0 Å². The van der Waals surface area contributed by atoms with Gasteiger partial charge in [0, 0.05) is 23.9 Å². The summed E-state index contributed by atoms with van der Waals surface area (Å²) >= 11 is 0. The highest BCUT2D eigenvalue weighted by molar-refractivity contribution is 6.10. The highest BCUT2D eigenvalue weighted by Gasteiger charge is 2.45.